The van der Waals surface area contributed by atoms with Crippen LogP contribution in [0.5, 0.6) is 0 Å². The zero-order chi connectivity index (χ0) is 10.1. The van der Waals surface area contributed by atoms with Crippen LogP contribution in [0.2, 0.25) is 0 Å². The van der Waals surface area contributed by atoms with Crippen molar-refractivity contribution in [1.82, 2.24) is 4.37 Å². The first kappa shape index (κ1) is 9.15. The Bertz CT molecular complexity index is 490. The number of hydrogen-bond acceptors (Lipinski definition) is 4. The Hall–Kier alpha value is -1.42. The summed E-state index contributed by atoms with van der Waals surface area (Å²) in [5.41, 5.74) is 1.72. The van der Waals surface area contributed by atoms with Gasteiger partial charge >= 0.3 is 5.97 Å². The lowest BCUT2D eigenvalue weighted by molar-refractivity contribution is 0.0603. The maximum atomic E-state index is 11.4. The van der Waals surface area contributed by atoms with Gasteiger partial charge in [0.1, 0.15) is 0 Å². The largest absolute Gasteiger partial charge is 0.465 e. The fourth-order valence-electron chi connectivity index (χ4n) is 1.38. The van der Waals surface area contributed by atoms with Crippen molar-refractivity contribution in [2.45, 2.75) is 6.92 Å². The fraction of sp³-hybridized carbons (Fsp3) is 0.200. The highest BCUT2D eigenvalue weighted by Gasteiger charge is 2.12. The van der Waals surface area contributed by atoms with Gasteiger partial charge in [-0.1, -0.05) is 6.07 Å². The molecule has 0 aliphatic rings. The van der Waals surface area contributed by atoms with Crippen LogP contribution >= 0.6 is 11.5 Å². The third-order valence-electron chi connectivity index (χ3n) is 2.12. The summed E-state index contributed by atoms with van der Waals surface area (Å²) >= 11 is 1.40. The highest BCUT2D eigenvalue weighted by Crippen LogP contribution is 2.25. The highest BCUT2D eigenvalue weighted by atomic mass is 32.1. The first-order valence-electron chi connectivity index (χ1n) is 4.16. The second-order valence-electron chi connectivity index (χ2n) is 2.99. The van der Waals surface area contributed by atoms with Crippen LogP contribution in [0.4, 0.5) is 0 Å². The van der Waals surface area contributed by atoms with Crippen LogP contribution in [0.25, 0.3) is 10.1 Å². The van der Waals surface area contributed by atoms with Crippen molar-refractivity contribution < 1.29 is 9.53 Å². The highest BCUT2D eigenvalue weighted by molar-refractivity contribution is 7.13. The Morgan fingerprint density at radius 2 is 2.29 bits per heavy atom. The van der Waals surface area contributed by atoms with Crippen molar-refractivity contribution >= 4 is 27.6 Å². The molecule has 0 fully saturated rings. The second-order valence-corrected chi connectivity index (χ2v) is 3.79. The lowest BCUT2D eigenvalue weighted by atomic mass is 10.1. The lowest BCUT2D eigenvalue weighted by Crippen LogP contribution is -2.01. The number of methoxy groups -OCH3 is 1. The van der Waals surface area contributed by atoms with E-state index < -0.39 is 0 Å². The summed E-state index contributed by atoms with van der Waals surface area (Å²) in [7, 11) is 1.38. The number of esters is 1. The zero-order valence-electron chi connectivity index (χ0n) is 7.90. The van der Waals surface area contributed by atoms with Crippen LogP contribution in [0.15, 0.2) is 18.3 Å². The normalized spacial score (nSPS) is 10.4. The molecule has 0 radical (unpaired) electrons. The number of benzene rings is 1. The molecule has 2 rings (SSSR count). The third kappa shape index (κ3) is 1.28. The van der Waals surface area contributed by atoms with E-state index in [0.29, 0.717) is 5.56 Å². The molecule has 0 bridgehead atoms. The van der Waals surface area contributed by atoms with Crippen LogP contribution in [0, 0.1) is 6.92 Å². The minimum atomic E-state index is -0.310. The van der Waals surface area contributed by atoms with E-state index in [2.05, 4.69) is 4.37 Å². The third-order valence-corrected chi connectivity index (χ3v) is 3.06. The number of aromatic nitrogens is 1. The van der Waals surface area contributed by atoms with Gasteiger partial charge in [0.25, 0.3) is 0 Å². The number of rotatable bonds is 1. The average molecular weight is 207 g/mol. The van der Waals surface area contributed by atoms with Crippen molar-refractivity contribution in [3.05, 3.63) is 29.5 Å². The first-order valence-corrected chi connectivity index (χ1v) is 4.93. The Morgan fingerprint density at radius 3 is 3.00 bits per heavy atom. The summed E-state index contributed by atoms with van der Waals surface area (Å²) in [6.45, 7) is 2.00. The summed E-state index contributed by atoms with van der Waals surface area (Å²) in [6.07, 6.45) is 1.71. The van der Waals surface area contributed by atoms with E-state index in [-0.39, 0.29) is 5.97 Å². The van der Waals surface area contributed by atoms with Crippen LogP contribution < -0.4 is 0 Å². The number of hydrogen-bond donors (Lipinski definition) is 0. The molecule has 1 aromatic heterocycles. The van der Waals surface area contributed by atoms with E-state index in [1.165, 1.54) is 18.6 Å². The quantitative estimate of drug-likeness (QED) is 0.674. The average Bonchev–Trinajstić information content (AvgIpc) is 2.67. The topological polar surface area (TPSA) is 39.2 Å². The standard InChI is InChI=1S/C10H9NO2S/c1-6-3-4-7(10(12)13-2)8-5-11-14-9(6)8/h3-5H,1-2H3. The summed E-state index contributed by atoms with van der Waals surface area (Å²) in [6, 6.07) is 3.69. The van der Waals surface area contributed by atoms with Gasteiger partial charge in [0.15, 0.2) is 0 Å². The molecule has 2 aromatic rings. The van der Waals surface area contributed by atoms with Crippen molar-refractivity contribution in [1.29, 1.82) is 0 Å². The number of fused-ring (bicyclic) bond motifs is 1. The summed E-state index contributed by atoms with van der Waals surface area (Å²) < 4.78 is 9.81. The molecule has 0 aliphatic carbocycles. The number of aryl methyl sites for hydroxylation is 1. The summed E-state index contributed by atoms with van der Waals surface area (Å²) in [5.74, 6) is -0.310. The van der Waals surface area contributed by atoms with Crippen LogP contribution in [-0.2, 0) is 4.74 Å². The molecule has 4 heteroatoms. The van der Waals surface area contributed by atoms with Gasteiger partial charge in [0, 0.05) is 11.6 Å². The van der Waals surface area contributed by atoms with Crippen LogP contribution in [0.1, 0.15) is 15.9 Å². The number of carbonyl (C=O) groups is 1. The molecule has 0 aliphatic heterocycles. The maximum Gasteiger partial charge on any atom is 0.338 e. The Balaban J connectivity index is 2.72. The Kier molecular flexibility index (Phi) is 2.21. The lowest BCUT2D eigenvalue weighted by Gasteiger charge is -2.01. The molecular weight excluding hydrogens is 198 g/mol. The monoisotopic (exact) mass is 207 g/mol. The number of ether oxygens (including phenoxy) is 1. The van der Waals surface area contributed by atoms with Gasteiger partial charge in [0.2, 0.25) is 0 Å². The summed E-state index contributed by atoms with van der Waals surface area (Å²) in [4.78, 5) is 11.4. The van der Waals surface area contributed by atoms with Crippen molar-refractivity contribution in [2.24, 2.45) is 0 Å². The molecule has 72 valence electrons. The van der Waals surface area contributed by atoms with Gasteiger partial charge in [-0.25, -0.2) is 4.79 Å². The van der Waals surface area contributed by atoms with Crippen molar-refractivity contribution in [3.8, 4) is 0 Å². The van der Waals surface area contributed by atoms with E-state index in [4.69, 9.17) is 4.74 Å². The van der Waals surface area contributed by atoms with E-state index in [1.807, 2.05) is 13.0 Å². The number of carbonyl (C=O) groups excluding carboxylic acids is 1. The van der Waals surface area contributed by atoms with Gasteiger partial charge in [-0.15, -0.1) is 0 Å². The van der Waals surface area contributed by atoms with Gasteiger partial charge in [-0.2, -0.15) is 4.37 Å². The fourth-order valence-corrected chi connectivity index (χ4v) is 2.11. The van der Waals surface area contributed by atoms with Crippen molar-refractivity contribution in [2.75, 3.05) is 7.11 Å². The minimum Gasteiger partial charge on any atom is -0.465 e. The number of nitrogens with zero attached hydrogens (tertiary/aromatic N) is 1. The molecule has 3 nitrogen and oxygen atoms in total. The molecule has 0 atom stereocenters. The van der Waals surface area contributed by atoms with Gasteiger partial charge in [0.05, 0.1) is 17.4 Å². The van der Waals surface area contributed by atoms with Crippen LogP contribution in [0.3, 0.4) is 0 Å². The predicted octanol–water partition coefficient (Wildman–Crippen LogP) is 2.39. The second kappa shape index (κ2) is 3.38. The van der Waals surface area contributed by atoms with Gasteiger partial charge < -0.3 is 4.74 Å². The SMILES string of the molecule is COC(=O)c1ccc(C)c2sncc12. The van der Waals surface area contributed by atoms with Crippen molar-refractivity contribution in [3.63, 3.8) is 0 Å². The molecule has 1 heterocycles. The van der Waals surface area contributed by atoms with E-state index in [9.17, 15) is 4.79 Å². The van der Waals surface area contributed by atoms with E-state index in [1.54, 1.807) is 12.3 Å². The van der Waals surface area contributed by atoms with Gasteiger partial charge in [-0.3, -0.25) is 0 Å². The minimum absolute atomic E-state index is 0.310. The molecule has 0 amide bonds. The zero-order valence-corrected chi connectivity index (χ0v) is 8.72. The van der Waals surface area contributed by atoms with E-state index in [0.717, 1.165) is 15.6 Å². The molecule has 1 aromatic carbocycles. The molecule has 0 saturated carbocycles. The maximum absolute atomic E-state index is 11.4. The van der Waals surface area contributed by atoms with Crippen LogP contribution in [-0.4, -0.2) is 17.5 Å². The smallest absolute Gasteiger partial charge is 0.338 e. The Morgan fingerprint density at radius 1 is 1.50 bits per heavy atom. The molecule has 0 N–H and O–H groups in total. The predicted molar refractivity (Wildman–Crippen MR) is 55.7 cm³/mol. The molecule has 0 saturated heterocycles. The van der Waals surface area contributed by atoms with E-state index >= 15 is 0 Å². The molecular formula is C10H9NO2S. The summed E-state index contributed by atoms with van der Waals surface area (Å²) in [5, 5.41) is 0.877. The first-order chi connectivity index (χ1) is 6.74. The molecule has 14 heavy (non-hydrogen) atoms. The molecule has 0 unspecified atom stereocenters. The van der Waals surface area contributed by atoms with Gasteiger partial charge in [-0.05, 0) is 30.1 Å². The Labute approximate surface area is 85.5 Å². The molecule has 0 spiro atoms.